The molecule has 0 unspecified atom stereocenters. The van der Waals surface area contributed by atoms with E-state index in [4.69, 9.17) is 11.5 Å². The van der Waals surface area contributed by atoms with Crippen LogP contribution in [0.4, 0.5) is 11.4 Å². The van der Waals surface area contributed by atoms with Crippen LogP contribution in [0.3, 0.4) is 0 Å². The maximum atomic E-state index is 13.1. The van der Waals surface area contributed by atoms with E-state index in [1.165, 1.54) is 5.56 Å². The molecule has 1 amide bonds. The minimum atomic E-state index is 0.0461. The smallest absolute Gasteiger partial charge is 0.256 e. The van der Waals surface area contributed by atoms with Gasteiger partial charge in [-0.3, -0.25) is 4.79 Å². The van der Waals surface area contributed by atoms with Gasteiger partial charge < -0.3 is 16.4 Å². The molecule has 0 radical (unpaired) electrons. The van der Waals surface area contributed by atoms with E-state index < -0.39 is 0 Å². The number of nitrogen functional groups attached to an aromatic ring is 2. The summed E-state index contributed by atoms with van der Waals surface area (Å²) < 4.78 is 0. The van der Waals surface area contributed by atoms with Gasteiger partial charge in [0.25, 0.3) is 5.91 Å². The summed E-state index contributed by atoms with van der Waals surface area (Å²) in [4.78, 5) is 15.1. The zero-order valence-electron chi connectivity index (χ0n) is 14.2. The second-order valence-electron chi connectivity index (χ2n) is 6.69. The van der Waals surface area contributed by atoms with E-state index in [9.17, 15) is 4.79 Å². The van der Waals surface area contributed by atoms with Crippen molar-refractivity contribution in [2.24, 2.45) is 0 Å². The van der Waals surface area contributed by atoms with Gasteiger partial charge in [0.1, 0.15) is 0 Å². The first kappa shape index (κ1) is 16.4. The summed E-state index contributed by atoms with van der Waals surface area (Å²) in [5.74, 6) is 0.0461. The summed E-state index contributed by atoms with van der Waals surface area (Å²) in [5, 5.41) is 0. The first-order valence-corrected chi connectivity index (χ1v) is 8.56. The molecule has 126 valence electrons. The highest BCUT2D eigenvalue weighted by atomic mass is 16.2. The van der Waals surface area contributed by atoms with Gasteiger partial charge in [-0.2, -0.15) is 0 Å². The molecule has 4 heteroatoms. The van der Waals surface area contributed by atoms with Gasteiger partial charge in [0.05, 0.1) is 5.56 Å². The molecule has 1 fully saturated rings. The molecular weight excluding hydrogens is 298 g/mol. The van der Waals surface area contributed by atoms with E-state index in [-0.39, 0.29) is 11.9 Å². The number of rotatable bonds is 3. The molecule has 2 aromatic carbocycles. The predicted molar refractivity (Wildman–Crippen MR) is 98.8 cm³/mol. The standard InChI is InChI=1S/C20H25N3O/c1-14-8-9-19(22)18(11-14)20(24)23-10-3-2-7-17(23)13-15-5-4-6-16(21)12-15/h4-6,8-9,11-12,17H,2-3,7,10,13,21-22H2,1H3/t17-/m0/s1. The number of hydrogen-bond acceptors (Lipinski definition) is 3. The fourth-order valence-electron chi connectivity index (χ4n) is 3.48. The van der Waals surface area contributed by atoms with Crippen LogP contribution in [-0.4, -0.2) is 23.4 Å². The van der Waals surface area contributed by atoms with E-state index in [1.807, 2.05) is 48.2 Å². The number of piperidine rings is 1. The van der Waals surface area contributed by atoms with Gasteiger partial charge in [0, 0.05) is 24.0 Å². The van der Waals surface area contributed by atoms with E-state index in [2.05, 4.69) is 6.07 Å². The van der Waals surface area contributed by atoms with E-state index in [0.717, 1.165) is 43.5 Å². The molecule has 1 heterocycles. The van der Waals surface area contributed by atoms with Crippen molar-refractivity contribution in [3.05, 3.63) is 59.2 Å². The molecule has 24 heavy (non-hydrogen) atoms. The average molecular weight is 323 g/mol. The third-order valence-electron chi connectivity index (χ3n) is 4.75. The summed E-state index contributed by atoms with van der Waals surface area (Å²) in [6, 6.07) is 13.8. The maximum Gasteiger partial charge on any atom is 0.256 e. The van der Waals surface area contributed by atoms with Crippen molar-refractivity contribution in [3.63, 3.8) is 0 Å². The quantitative estimate of drug-likeness (QED) is 0.850. The van der Waals surface area contributed by atoms with Gasteiger partial charge in [-0.15, -0.1) is 0 Å². The molecule has 1 atom stereocenters. The Morgan fingerprint density at radius 1 is 1.17 bits per heavy atom. The lowest BCUT2D eigenvalue weighted by Gasteiger charge is -2.36. The van der Waals surface area contributed by atoms with Crippen LogP contribution in [0.2, 0.25) is 0 Å². The minimum absolute atomic E-state index is 0.0461. The third kappa shape index (κ3) is 3.53. The van der Waals surface area contributed by atoms with Crippen LogP contribution in [0.25, 0.3) is 0 Å². The molecule has 4 nitrogen and oxygen atoms in total. The Labute approximate surface area is 143 Å². The number of amides is 1. The molecule has 2 aromatic rings. The van der Waals surface area contributed by atoms with E-state index in [0.29, 0.717) is 11.3 Å². The molecule has 0 saturated carbocycles. The number of aryl methyl sites for hydroxylation is 1. The third-order valence-corrected chi connectivity index (χ3v) is 4.75. The van der Waals surface area contributed by atoms with Gasteiger partial charge >= 0.3 is 0 Å². The molecule has 1 aliphatic rings. The fourth-order valence-corrected chi connectivity index (χ4v) is 3.48. The Bertz CT molecular complexity index is 741. The topological polar surface area (TPSA) is 72.4 Å². The number of nitrogens with two attached hydrogens (primary N) is 2. The summed E-state index contributed by atoms with van der Waals surface area (Å²) in [6.07, 6.45) is 4.06. The second-order valence-corrected chi connectivity index (χ2v) is 6.69. The summed E-state index contributed by atoms with van der Waals surface area (Å²) >= 11 is 0. The number of hydrogen-bond donors (Lipinski definition) is 2. The normalized spacial score (nSPS) is 17.7. The molecule has 3 rings (SSSR count). The molecule has 0 spiro atoms. The van der Waals surface area contributed by atoms with E-state index in [1.54, 1.807) is 0 Å². The van der Waals surface area contributed by atoms with Crippen molar-refractivity contribution in [2.75, 3.05) is 18.0 Å². The molecule has 1 saturated heterocycles. The van der Waals surface area contributed by atoms with Gasteiger partial charge in [-0.05, 0) is 62.4 Å². The molecule has 0 aliphatic carbocycles. The monoisotopic (exact) mass is 323 g/mol. The summed E-state index contributed by atoms with van der Waals surface area (Å²) in [7, 11) is 0. The zero-order valence-corrected chi connectivity index (χ0v) is 14.2. The fraction of sp³-hybridized carbons (Fsp3) is 0.350. The van der Waals surface area contributed by atoms with Gasteiger partial charge in [-0.25, -0.2) is 0 Å². The van der Waals surface area contributed by atoms with Crippen LogP contribution >= 0.6 is 0 Å². The summed E-state index contributed by atoms with van der Waals surface area (Å²) in [5.41, 5.74) is 16.1. The van der Waals surface area contributed by atoms with Crippen molar-refractivity contribution in [2.45, 2.75) is 38.6 Å². The number of carbonyl (C=O) groups excluding carboxylic acids is 1. The number of anilines is 2. The Morgan fingerprint density at radius 2 is 2.00 bits per heavy atom. The van der Waals surface area contributed by atoms with Crippen LogP contribution in [0, 0.1) is 6.92 Å². The van der Waals surface area contributed by atoms with E-state index >= 15 is 0 Å². The number of nitrogens with zero attached hydrogens (tertiary/aromatic N) is 1. The Kier molecular flexibility index (Phi) is 4.74. The molecule has 0 aromatic heterocycles. The van der Waals surface area contributed by atoms with Crippen molar-refractivity contribution in [3.8, 4) is 0 Å². The highest BCUT2D eigenvalue weighted by molar-refractivity contribution is 5.99. The lowest BCUT2D eigenvalue weighted by atomic mass is 9.94. The Balaban J connectivity index is 1.83. The highest BCUT2D eigenvalue weighted by Gasteiger charge is 2.28. The molecule has 1 aliphatic heterocycles. The largest absolute Gasteiger partial charge is 0.399 e. The average Bonchev–Trinajstić information content (AvgIpc) is 2.57. The van der Waals surface area contributed by atoms with Crippen molar-refractivity contribution in [1.29, 1.82) is 0 Å². The van der Waals surface area contributed by atoms with Crippen LogP contribution in [-0.2, 0) is 6.42 Å². The van der Waals surface area contributed by atoms with Gasteiger partial charge in [-0.1, -0.05) is 23.8 Å². The van der Waals surface area contributed by atoms with Gasteiger partial charge in [0.2, 0.25) is 0 Å². The minimum Gasteiger partial charge on any atom is -0.399 e. The van der Waals surface area contributed by atoms with Crippen LogP contribution in [0.15, 0.2) is 42.5 Å². The lowest BCUT2D eigenvalue weighted by Crippen LogP contribution is -2.45. The Morgan fingerprint density at radius 3 is 2.79 bits per heavy atom. The zero-order chi connectivity index (χ0) is 17.1. The number of likely N-dealkylation sites (tertiary alicyclic amines) is 1. The second kappa shape index (κ2) is 6.95. The first-order valence-electron chi connectivity index (χ1n) is 8.56. The number of benzene rings is 2. The molecule has 4 N–H and O–H groups in total. The first-order chi connectivity index (χ1) is 11.5. The van der Waals surface area contributed by atoms with Crippen molar-refractivity contribution >= 4 is 17.3 Å². The maximum absolute atomic E-state index is 13.1. The highest BCUT2D eigenvalue weighted by Crippen LogP contribution is 2.25. The molecule has 0 bridgehead atoms. The van der Waals surface area contributed by atoms with Gasteiger partial charge in [0.15, 0.2) is 0 Å². The number of carbonyl (C=O) groups is 1. The van der Waals surface area contributed by atoms with Crippen LogP contribution in [0.1, 0.15) is 40.7 Å². The van der Waals surface area contributed by atoms with Crippen molar-refractivity contribution < 1.29 is 4.79 Å². The van der Waals surface area contributed by atoms with Crippen molar-refractivity contribution in [1.82, 2.24) is 4.90 Å². The SMILES string of the molecule is Cc1ccc(N)c(C(=O)N2CCCC[C@H]2Cc2cccc(N)c2)c1. The summed E-state index contributed by atoms with van der Waals surface area (Å²) in [6.45, 7) is 2.77. The Hall–Kier alpha value is -2.49. The van der Waals surface area contributed by atoms with Crippen LogP contribution in [0.5, 0.6) is 0 Å². The van der Waals surface area contributed by atoms with Crippen LogP contribution < -0.4 is 11.5 Å². The molecular formula is C20H25N3O. The predicted octanol–water partition coefficient (Wildman–Crippen LogP) is 3.40. The lowest BCUT2D eigenvalue weighted by molar-refractivity contribution is 0.0614.